The molecule has 1 atom stereocenters. The first kappa shape index (κ1) is 30.3. The summed E-state index contributed by atoms with van der Waals surface area (Å²) in [5.74, 6) is -0.639. The van der Waals surface area contributed by atoms with Crippen molar-refractivity contribution in [3.8, 4) is 0 Å². The Labute approximate surface area is 244 Å². The van der Waals surface area contributed by atoms with Crippen LogP contribution in [0.5, 0.6) is 0 Å². The smallest absolute Gasteiger partial charge is 0.244 e. The summed E-state index contributed by atoms with van der Waals surface area (Å²) in [5, 5.41) is 3.20. The van der Waals surface area contributed by atoms with E-state index in [2.05, 4.69) is 5.32 Å². The number of hydrogen-bond acceptors (Lipinski definition) is 4. The number of sulfonamides is 1. The van der Waals surface area contributed by atoms with Crippen LogP contribution in [0, 0.1) is 20.8 Å². The molecule has 1 saturated carbocycles. The molecule has 1 aliphatic rings. The van der Waals surface area contributed by atoms with Gasteiger partial charge < -0.3 is 10.2 Å². The van der Waals surface area contributed by atoms with E-state index in [0.717, 1.165) is 64.1 Å². The normalized spacial score (nSPS) is 14.4. The average Bonchev–Trinajstić information content (AvgIpc) is 3.43. The van der Waals surface area contributed by atoms with Gasteiger partial charge in [-0.25, -0.2) is 8.42 Å². The summed E-state index contributed by atoms with van der Waals surface area (Å²) in [4.78, 5) is 29.8. The molecule has 0 aliphatic heterocycles. The van der Waals surface area contributed by atoms with E-state index in [4.69, 9.17) is 0 Å². The summed E-state index contributed by atoms with van der Waals surface area (Å²) in [7, 11) is -3.80. The Morgan fingerprint density at radius 1 is 0.878 bits per heavy atom. The summed E-state index contributed by atoms with van der Waals surface area (Å²) in [5.41, 5.74) is 4.95. The molecule has 1 fully saturated rings. The Morgan fingerprint density at radius 2 is 1.54 bits per heavy atom. The number of aryl methyl sites for hydroxylation is 3. The summed E-state index contributed by atoms with van der Waals surface area (Å²) < 4.78 is 27.3. The number of benzene rings is 3. The van der Waals surface area contributed by atoms with Crippen molar-refractivity contribution < 1.29 is 18.0 Å². The highest BCUT2D eigenvalue weighted by Gasteiger charge is 2.34. The first-order valence-electron chi connectivity index (χ1n) is 14.3. The van der Waals surface area contributed by atoms with Gasteiger partial charge in [-0.1, -0.05) is 85.1 Å². The fourth-order valence-corrected chi connectivity index (χ4v) is 6.41. The minimum atomic E-state index is -3.80. The van der Waals surface area contributed by atoms with Crippen LogP contribution in [0.2, 0.25) is 0 Å². The molecule has 0 saturated heterocycles. The second-order valence-electron chi connectivity index (χ2n) is 11.3. The predicted molar refractivity (Wildman–Crippen MR) is 164 cm³/mol. The predicted octanol–water partition coefficient (Wildman–Crippen LogP) is 5.08. The Hall–Kier alpha value is -3.65. The van der Waals surface area contributed by atoms with Crippen molar-refractivity contribution in [3.63, 3.8) is 0 Å². The molecule has 0 aromatic heterocycles. The Balaban J connectivity index is 1.74. The lowest BCUT2D eigenvalue weighted by Gasteiger charge is -2.34. The monoisotopic (exact) mass is 575 g/mol. The third-order valence-electron chi connectivity index (χ3n) is 7.72. The van der Waals surface area contributed by atoms with Crippen molar-refractivity contribution in [2.24, 2.45) is 0 Å². The maximum absolute atomic E-state index is 14.3. The van der Waals surface area contributed by atoms with Crippen molar-refractivity contribution in [3.05, 3.63) is 101 Å². The van der Waals surface area contributed by atoms with Gasteiger partial charge in [0.1, 0.15) is 12.6 Å². The van der Waals surface area contributed by atoms with Crippen LogP contribution in [-0.2, 0) is 32.6 Å². The molecule has 0 bridgehead atoms. The molecule has 2 amide bonds. The molecule has 0 unspecified atom stereocenters. The van der Waals surface area contributed by atoms with E-state index in [0.29, 0.717) is 12.1 Å². The van der Waals surface area contributed by atoms with Crippen molar-refractivity contribution >= 4 is 27.5 Å². The summed E-state index contributed by atoms with van der Waals surface area (Å²) in [6.45, 7) is 5.47. The number of rotatable bonds is 11. The number of anilines is 1. The number of carbonyl (C=O) groups excluding carboxylic acids is 2. The van der Waals surface area contributed by atoms with Gasteiger partial charge in [-0.2, -0.15) is 0 Å². The molecule has 0 spiro atoms. The zero-order valence-electron chi connectivity index (χ0n) is 24.5. The zero-order valence-corrected chi connectivity index (χ0v) is 25.3. The molecule has 218 valence electrons. The standard InChI is InChI=1S/C33H41N3O4S/c1-24-11-10-14-28(19-24)22-35(32(37)23-36(41(4,39)40)30-20-25(2)17-18-26(30)3)31(21-27-12-6-5-7-13-27)33(38)34-29-15-8-9-16-29/h5-7,10-14,17-20,29,31H,8-9,15-16,21-23H2,1-4H3,(H,34,38)/t31-/m0/s1. The largest absolute Gasteiger partial charge is 0.352 e. The van der Waals surface area contributed by atoms with E-state index in [-0.39, 0.29) is 18.5 Å². The second-order valence-corrected chi connectivity index (χ2v) is 13.2. The van der Waals surface area contributed by atoms with Gasteiger partial charge in [0.05, 0.1) is 11.9 Å². The summed E-state index contributed by atoms with van der Waals surface area (Å²) in [6, 6.07) is 22.3. The molecule has 1 aliphatic carbocycles. The van der Waals surface area contributed by atoms with E-state index in [1.807, 2.05) is 87.5 Å². The lowest BCUT2D eigenvalue weighted by Crippen LogP contribution is -2.54. The highest BCUT2D eigenvalue weighted by molar-refractivity contribution is 7.92. The molecule has 3 aromatic rings. The van der Waals surface area contributed by atoms with E-state index in [1.54, 1.807) is 11.0 Å². The first-order chi connectivity index (χ1) is 19.5. The maximum Gasteiger partial charge on any atom is 0.244 e. The molecule has 0 heterocycles. The van der Waals surface area contributed by atoms with Crippen molar-refractivity contribution in [1.29, 1.82) is 0 Å². The number of amides is 2. The fourth-order valence-electron chi connectivity index (χ4n) is 5.51. The minimum Gasteiger partial charge on any atom is -0.352 e. The lowest BCUT2D eigenvalue weighted by molar-refractivity contribution is -0.140. The van der Waals surface area contributed by atoms with Crippen LogP contribution in [0.4, 0.5) is 5.69 Å². The number of nitrogens with zero attached hydrogens (tertiary/aromatic N) is 2. The van der Waals surface area contributed by atoms with Crippen molar-refractivity contribution in [2.75, 3.05) is 17.1 Å². The Kier molecular flexibility index (Phi) is 9.86. The molecule has 8 heteroatoms. The van der Waals surface area contributed by atoms with Crippen LogP contribution in [0.3, 0.4) is 0 Å². The highest BCUT2D eigenvalue weighted by Crippen LogP contribution is 2.25. The summed E-state index contributed by atoms with van der Waals surface area (Å²) in [6.07, 6.45) is 5.41. The van der Waals surface area contributed by atoms with Gasteiger partial charge in [0, 0.05) is 19.0 Å². The quantitative estimate of drug-likeness (QED) is 0.346. The van der Waals surface area contributed by atoms with E-state index >= 15 is 0 Å². The number of hydrogen-bond donors (Lipinski definition) is 1. The molecule has 7 nitrogen and oxygen atoms in total. The molecule has 3 aromatic carbocycles. The topological polar surface area (TPSA) is 86.8 Å². The van der Waals surface area contributed by atoms with E-state index in [9.17, 15) is 18.0 Å². The third-order valence-corrected chi connectivity index (χ3v) is 8.85. The van der Waals surface area contributed by atoms with E-state index in [1.165, 1.54) is 0 Å². The van der Waals surface area contributed by atoms with Crippen molar-refractivity contribution in [1.82, 2.24) is 10.2 Å². The van der Waals surface area contributed by atoms with Gasteiger partial charge in [0.25, 0.3) is 0 Å². The molecule has 0 radical (unpaired) electrons. The van der Waals surface area contributed by atoms with Crippen LogP contribution in [0.1, 0.15) is 53.5 Å². The SMILES string of the molecule is Cc1cccc(CN(C(=O)CN(c2cc(C)ccc2C)S(C)(=O)=O)[C@@H](Cc2ccccc2)C(=O)NC2CCCC2)c1. The average molecular weight is 576 g/mol. The van der Waals surface area contributed by atoms with Crippen LogP contribution < -0.4 is 9.62 Å². The van der Waals surface area contributed by atoms with Gasteiger partial charge in [-0.15, -0.1) is 0 Å². The van der Waals surface area contributed by atoms with Crippen LogP contribution in [-0.4, -0.2) is 50.0 Å². The minimum absolute atomic E-state index is 0.0826. The molecule has 4 rings (SSSR count). The van der Waals surface area contributed by atoms with Gasteiger partial charge in [-0.05, 0) is 61.9 Å². The molecular formula is C33H41N3O4S. The van der Waals surface area contributed by atoms with Crippen molar-refractivity contribution in [2.45, 2.75) is 71.5 Å². The van der Waals surface area contributed by atoms with Gasteiger partial charge >= 0.3 is 0 Å². The van der Waals surface area contributed by atoms with Gasteiger partial charge in [-0.3, -0.25) is 13.9 Å². The van der Waals surface area contributed by atoms with Gasteiger partial charge in [0.15, 0.2) is 0 Å². The maximum atomic E-state index is 14.3. The Bertz CT molecular complexity index is 1470. The molecular weight excluding hydrogens is 534 g/mol. The van der Waals surface area contributed by atoms with Crippen LogP contribution >= 0.6 is 0 Å². The third kappa shape index (κ3) is 8.19. The van der Waals surface area contributed by atoms with Crippen LogP contribution in [0.15, 0.2) is 72.8 Å². The zero-order chi connectivity index (χ0) is 29.6. The molecule has 1 N–H and O–H groups in total. The highest BCUT2D eigenvalue weighted by atomic mass is 32.2. The number of carbonyl (C=O) groups is 2. The fraction of sp³-hybridized carbons (Fsp3) is 0.394. The Morgan fingerprint density at radius 3 is 2.20 bits per heavy atom. The summed E-state index contributed by atoms with van der Waals surface area (Å²) >= 11 is 0. The van der Waals surface area contributed by atoms with Gasteiger partial charge in [0.2, 0.25) is 21.8 Å². The van der Waals surface area contributed by atoms with Crippen LogP contribution in [0.25, 0.3) is 0 Å². The second kappa shape index (κ2) is 13.3. The number of nitrogens with one attached hydrogen (secondary N) is 1. The van der Waals surface area contributed by atoms with E-state index < -0.39 is 28.5 Å². The molecule has 41 heavy (non-hydrogen) atoms. The lowest BCUT2D eigenvalue weighted by atomic mass is 10.0. The first-order valence-corrected chi connectivity index (χ1v) is 16.1.